The molecule has 0 radical (unpaired) electrons. The molecule has 3 rings (SSSR count). The van der Waals surface area contributed by atoms with E-state index in [0.717, 1.165) is 16.7 Å². The third-order valence-corrected chi connectivity index (χ3v) is 8.45. The summed E-state index contributed by atoms with van der Waals surface area (Å²) in [7, 11) is 0. The van der Waals surface area contributed by atoms with Crippen molar-refractivity contribution in [2.75, 3.05) is 0 Å². The molecule has 0 amide bonds. The zero-order valence-corrected chi connectivity index (χ0v) is 21.2. The average Bonchev–Trinajstić information content (AvgIpc) is 2.61. The highest BCUT2D eigenvalue weighted by atomic mass is 16.5. The zero-order chi connectivity index (χ0) is 24.9. The summed E-state index contributed by atoms with van der Waals surface area (Å²) < 4.78 is 11.5. The number of hydrogen-bond donors (Lipinski definition) is 1. The van der Waals surface area contributed by atoms with Gasteiger partial charge in [-0.2, -0.15) is 0 Å². The van der Waals surface area contributed by atoms with E-state index in [1.54, 1.807) is 6.92 Å². The fraction of sp³-hybridized carbons (Fsp3) is 0.741. The molecule has 7 unspecified atom stereocenters. The second-order valence-electron chi connectivity index (χ2n) is 11.4. The molecule has 0 aromatic heterocycles. The normalized spacial score (nSPS) is 38.0. The Hall–Kier alpha value is -1.95. The van der Waals surface area contributed by atoms with Crippen LogP contribution in [0.15, 0.2) is 23.3 Å². The van der Waals surface area contributed by atoms with Gasteiger partial charge in [0.2, 0.25) is 0 Å². The van der Waals surface area contributed by atoms with Gasteiger partial charge in [0.05, 0.1) is 6.10 Å². The molecular weight excluding hydrogens is 420 g/mol. The molecule has 0 aliphatic heterocycles. The lowest BCUT2D eigenvalue weighted by atomic mass is 9.48. The van der Waals surface area contributed by atoms with Gasteiger partial charge in [-0.1, -0.05) is 32.9 Å². The molecule has 1 N–H and O–H groups in total. The Balaban J connectivity index is 2.19. The summed E-state index contributed by atoms with van der Waals surface area (Å²) in [5, 5.41) is 12.0. The van der Waals surface area contributed by atoms with Crippen molar-refractivity contribution in [2.45, 2.75) is 98.9 Å². The van der Waals surface area contributed by atoms with Crippen molar-refractivity contribution < 1.29 is 29.0 Å². The number of esters is 2. The van der Waals surface area contributed by atoms with E-state index in [0.29, 0.717) is 32.1 Å². The van der Waals surface area contributed by atoms with E-state index in [9.17, 15) is 19.5 Å². The Morgan fingerprint density at radius 3 is 2.18 bits per heavy atom. The molecular formula is C27H40O6. The van der Waals surface area contributed by atoms with E-state index in [2.05, 4.69) is 34.3 Å². The van der Waals surface area contributed by atoms with E-state index in [1.807, 2.05) is 0 Å². The van der Waals surface area contributed by atoms with Crippen LogP contribution in [-0.4, -0.2) is 41.1 Å². The number of Topliss-reactive ketones (excluding diaryl/α,β-unsaturated/α-hetero) is 1. The topological polar surface area (TPSA) is 89.9 Å². The number of hydrogen-bond acceptors (Lipinski definition) is 6. The van der Waals surface area contributed by atoms with Gasteiger partial charge < -0.3 is 19.4 Å². The van der Waals surface area contributed by atoms with Crippen LogP contribution in [0.25, 0.3) is 0 Å². The van der Waals surface area contributed by atoms with Crippen LogP contribution in [0.3, 0.4) is 0 Å². The maximum Gasteiger partial charge on any atom is 0.303 e. The van der Waals surface area contributed by atoms with Crippen LogP contribution < -0.4 is 0 Å². The van der Waals surface area contributed by atoms with Crippen molar-refractivity contribution >= 4 is 17.7 Å². The van der Waals surface area contributed by atoms with Crippen molar-refractivity contribution in [3.8, 4) is 0 Å². The van der Waals surface area contributed by atoms with Gasteiger partial charge in [0, 0.05) is 26.2 Å². The number of fused-ring (bicyclic) bond motifs is 3. The standard InChI is InChI=1S/C27H40O6/c1-14-11-19(12-15(2)28)24-25(31)23-16(3)20(32-17(4)29)9-10-27(23,8)13-21(33-18(5)30)22(14)26(24,6)7/h19-21,23-25,31H,3,9-13H2,1-2,4-8H3. The van der Waals surface area contributed by atoms with Gasteiger partial charge in [-0.05, 0) is 73.3 Å². The lowest BCUT2D eigenvalue weighted by molar-refractivity contribution is -0.158. The second kappa shape index (κ2) is 9.01. The SMILES string of the molecule is C=C1C(OC(C)=O)CCC2(C)CC(OC(C)=O)C3=C(C)CC(CC(C)=O)C(C(O)C12)C3(C)C. The Kier molecular flexibility index (Phi) is 7.01. The quantitative estimate of drug-likeness (QED) is 0.489. The summed E-state index contributed by atoms with van der Waals surface area (Å²) >= 11 is 0. The van der Waals surface area contributed by atoms with Crippen LogP contribution in [0.4, 0.5) is 0 Å². The minimum absolute atomic E-state index is 0.0292. The summed E-state index contributed by atoms with van der Waals surface area (Å²) in [4.78, 5) is 36.1. The molecule has 2 bridgehead atoms. The number of ketones is 1. The predicted octanol–water partition coefficient (Wildman–Crippen LogP) is 4.54. The Labute approximate surface area is 197 Å². The highest BCUT2D eigenvalue weighted by Gasteiger charge is 2.59. The number of carbonyl (C=O) groups excluding carboxylic acids is 3. The second-order valence-corrected chi connectivity index (χ2v) is 11.4. The molecule has 0 aromatic carbocycles. The Bertz CT molecular complexity index is 883. The molecule has 33 heavy (non-hydrogen) atoms. The van der Waals surface area contributed by atoms with Crippen LogP contribution in [-0.2, 0) is 23.9 Å². The number of aliphatic hydroxyl groups excluding tert-OH is 1. The first kappa shape index (κ1) is 25.7. The van der Waals surface area contributed by atoms with Gasteiger partial charge in [-0.15, -0.1) is 0 Å². The van der Waals surface area contributed by atoms with Crippen molar-refractivity contribution in [3.05, 3.63) is 23.3 Å². The van der Waals surface area contributed by atoms with Crippen molar-refractivity contribution in [2.24, 2.45) is 28.6 Å². The summed E-state index contributed by atoms with van der Waals surface area (Å²) in [6.07, 6.45) is 1.35. The molecule has 6 nitrogen and oxygen atoms in total. The van der Waals surface area contributed by atoms with Crippen LogP contribution in [0, 0.1) is 28.6 Å². The Morgan fingerprint density at radius 2 is 1.64 bits per heavy atom. The van der Waals surface area contributed by atoms with Crippen molar-refractivity contribution in [1.29, 1.82) is 0 Å². The lowest BCUT2D eigenvalue weighted by Crippen LogP contribution is -2.58. The molecule has 184 valence electrons. The van der Waals surface area contributed by atoms with E-state index >= 15 is 0 Å². The van der Waals surface area contributed by atoms with E-state index < -0.39 is 29.1 Å². The monoisotopic (exact) mass is 460 g/mol. The minimum atomic E-state index is -0.762. The molecule has 3 aliphatic carbocycles. The number of allylic oxidation sites excluding steroid dienone is 1. The smallest absolute Gasteiger partial charge is 0.303 e. The van der Waals surface area contributed by atoms with Crippen molar-refractivity contribution in [3.63, 3.8) is 0 Å². The van der Waals surface area contributed by atoms with Crippen LogP contribution in [0.5, 0.6) is 0 Å². The van der Waals surface area contributed by atoms with E-state index in [4.69, 9.17) is 9.47 Å². The highest BCUT2D eigenvalue weighted by Crippen LogP contribution is 2.61. The van der Waals surface area contributed by atoms with Gasteiger partial charge in [-0.25, -0.2) is 0 Å². The van der Waals surface area contributed by atoms with Gasteiger partial charge in [0.15, 0.2) is 0 Å². The number of carbonyl (C=O) groups is 3. The zero-order valence-electron chi connectivity index (χ0n) is 21.2. The summed E-state index contributed by atoms with van der Waals surface area (Å²) in [6, 6.07) is 0. The molecule has 0 heterocycles. The van der Waals surface area contributed by atoms with E-state index in [-0.39, 0.29) is 35.5 Å². The molecule has 6 heteroatoms. The third kappa shape index (κ3) is 4.68. The lowest BCUT2D eigenvalue weighted by Gasteiger charge is -2.58. The molecule has 3 aliphatic rings. The summed E-state index contributed by atoms with van der Waals surface area (Å²) in [5.41, 5.74) is 2.06. The van der Waals surface area contributed by atoms with Crippen LogP contribution >= 0.6 is 0 Å². The van der Waals surface area contributed by atoms with Crippen LogP contribution in [0.1, 0.15) is 80.6 Å². The largest absolute Gasteiger partial charge is 0.458 e. The fourth-order valence-corrected chi connectivity index (χ4v) is 7.59. The third-order valence-electron chi connectivity index (χ3n) is 8.45. The Morgan fingerprint density at radius 1 is 1.06 bits per heavy atom. The molecule has 0 spiro atoms. The number of rotatable bonds is 4. The maximum atomic E-state index is 12.2. The first-order valence-electron chi connectivity index (χ1n) is 12.1. The highest BCUT2D eigenvalue weighted by molar-refractivity contribution is 5.76. The molecule has 0 aromatic rings. The predicted molar refractivity (Wildman–Crippen MR) is 125 cm³/mol. The van der Waals surface area contributed by atoms with Gasteiger partial charge >= 0.3 is 11.9 Å². The van der Waals surface area contributed by atoms with Gasteiger partial charge in [0.25, 0.3) is 0 Å². The molecule has 7 atom stereocenters. The summed E-state index contributed by atoms with van der Waals surface area (Å²) in [5.74, 6) is -1.19. The first-order valence-corrected chi connectivity index (χ1v) is 12.1. The van der Waals surface area contributed by atoms with Crippen LogP contribution in [0.2, 0.25) is 0 Å². The van der Waals surface area contributed by atoms with E-state index in [1.165, 1.54) is 13.8 Å². The fourth-order valence-electron chi connectivity index (χ4n) is 7.59. The first-order chi connectivity index (χ1) is 15.2. The molecule has 2 saturated carbocycles. The van der Waals surface area contributed by atoms with Crippen molar-refractivity contribution in [1.82, 2.24) is 0 Å². The molecule has 0 saturated heterocycles. The van der Waals surface area contributed by atoms with Gasteiger partial charge in [0.1, 0.15) is 18.0 Å². The molecule has 2 fully saturated rings. The summed E-state index contributed by atoms with van der Waals surface area (Å²) in [6.45, 7) is 17.1. The maximum absolute atomic E-state index is 12.2. The van der Waals surface area contributed by atoms with Gasteiger partial charge in [-0.3, -0.25) is 9.59 Å². The minimum Gasteiger partial charge on any atom is -0.458 e. The number of aliphatic hydroxyl groups is 1. The average molecular weight is 461 g/mol. The number of ether oxygens (including phenoxy) is 2.